The summed E-state index contributed by atoms with van der Waals surface area (Å²) in [5.74, 6) is 1.78. The van der Waals surface area contributed by atoms with Gasteiger partial charge < -0.3 is 14.3 Å². The summed E-state index contributed by atoms with van der Waals surface area (Å²) in [6.07, 6.45) is 6.87. The first-order chi connectivity index (χ1) is 8.40. The molecule has 2 aromatic rings. The van der Waals surface area contributed by atoms with Gasteiger partial charge in [-0.05, 0) is 25.3 Å². The molecule has 0 amide bonds. The topological polar surface area (TPSA) is 64.1 Å². The Hall–Kier alpha value is -1.62. The molecule has 1 N–H and O–H groups in total. The lowest BCUT2D eigenvalue weighted by atomic mass is 9.89. The molecule has 0 radical (unpaired) electrons. The highest BCUT2D eigenvalue weighted by atomic mass is 16.5. The van der Waals surface area contributed by atoms with Crippen molar-refractivity contribution < 1.29 is 8.94 Å². The summed E-state index contributed by atoms with van der Waals surface area (Å²) >= 11 is 0. The van der Waals surface area contributed by atoms with Crippen molar-refractivity contribution in [1.29, 1.82) is 0 Å². The molecule has 5 heteroatoms. The lowest BCUT2D eigenvalue weighted by Gasteiger charge is -2.15. The average molecular weight is 231 g/mol. The first kappa shape index (κ1) is 9.41. The predicted octanol–water partition coefficient (Wildman–Crippen LogP) is 1.94. The lowest BCUT2D eigenvalue weighted by Crippen LogP contribution is -2.21. The van der Waals surface area contributed by atoms with Crippen LogP contribution in [0.25, 0.3) is 11.4 Å². The summed E-state index contributed by atoms with van der Waals surface area (Å²) in [7, 11) is 0. The molecule has 4 heterocycles. The van der Waals surface area contributed by atoms with Crippen LogP contribution in [0.4, 0.5) is 0 Å². The summed E-state index contributed by atoms with van der Waals surface area (Å²) in [6, 6.07) is 3.01. The first-order valence-electron chi connectivity index (χ1n) is 6.02. The molecule has 2 aromatic heterocycles. The Morgan fingerprint density at radius 1 is 1.35 bits per heavy atom. The van der Waals surface area contributed by atoms with E-state index in [0.717, 1.165) is 17.9 Å². The van der Waals surface area contributed by atoms with Crippen LogP contribution in [-0.2, 0) is 0 Å². The van der Waals surface area contributed by atoms with Crippen LogP contribution in [-0.4, -0.2) is 22.2 Å². The van der Waals surface area contributed by atoms with Crippen molar-refractivity contribution >= 4 is 0 Å². The Labute approximate surface area is 98.2 Å². The van der Waals surface area contributed by atoms with E-state index in [9.17, 15) is 0 Å². The van der Waals surface area contributed by atoms with Gasteiger partial charge in [0.05, 0.1) is 17.7 Å². The Balaban J connectivity index is 1.63. The zero-order chi connectivity index (χ0) is 11.2. The first-order valence-corrected chi connectivity index (χ1v) is 6.02. The fourth-order valence-corrected chi connectivity index (χ4v) is 2.99. The van der Waals surface area contributed by atoms with Crippen molar-refractivity contribution in [2.45, 2.75) is 37.3 Å². The van der Waals surface area contributed by atoms with E-state index in [1.54, 1.807) is 12.5 Å². The molecule has 2 bridgehead atoms. The second-order valence-corrected chi connectivity index (χ2v) is 4.86. The number of hydrogen-bond acceptors (Lipinski definition) is 5. The molecule has 17 heavy (non-hydrogen) atoms. The number of fused-ring (bicyclic) bond motifs is 2. The summed E-state index contributed by atoms with van der Waals surface area (Å²) in [6.45, 7) is 0. The van der Waals surface area contributed by atoms with E-state index in [2.05, 4.69) is 15.5 Å². The van der Waals surface area contributed by atoms with Crippen LogP contribution in [0.1, 0.15) is 31.1 Å². The van der Waals surface area contributed by atoms with Gasteiger partial charge in [-0.3, -0.25) is 0 Å². The standard InChI is InChI=1S/C12H13N3O2/c1-2-10-9(5-8(1)13-10)12-14-11(15-17-12)7-3-4-16-6-7/h3-4,6,8-10,13H,1-2,5H2. The van der Waals surface area contributed by atoms with Gasteiger partial charge >= 0.3 is 0 Å². The second-order valence-electron chi connectivity index (χ2n) is 4.86. The molecule has 4 rings (SSSR count). The van der Waals surface area contributed by atoms with Crippen LogP contribution in [0.2, 0.25) is 0 Å². The van der Waals surface area contributed by atoms with Crippen LogP contribution in [0.3, 0.4) is 0 Å². The third kappa shape index (κ3) is 1.42. The smallest absolute Gasteiger partial charge is 0.231 e. The number of nitrogens with one attached hydrogen (secondary N) is 1. The maximum absolute atomic E-state index is 5.38. The number of nitrogens with zero attached hydrogens (tertiary/aromatic N) is 2. The molecule has 0 spiro atoms. The van der Waals surface area contributed by atoms with Gasteiger partial charge in [0.25, 0.3) is 0 Å². The van der Waals surface area contributed by atoms with E-state index < -0.39 is 0 Å². The SMILES string of the molecule is c1cc(-c2noc(C3CC4CCC3N4)n2)co1. The molecule has 2 aliphatic heterocycles. The van der Waals surface area contributed by atoms with Gasteiger partial charge in [0.2, 0.25) is 11.7 Å². The van der Waals surface area contributed by atoms with E-state index in [-0.39, 0.29) is 0 Å². The van der Waals surface area contributed by atoms with Gasteiger partial charge in [0.15, 0.2) is 0 Å². The highest BCUT2D eigenvalue weighted by Crippen LogP contribution is 2.39. The molecule has 0 aliphatic carbocycles. The van der Waals surface area contributed by atoms with Crippen LogP contribution >= 0.6 is 0 Å². The van der Waals surface area contributed by atoms with Gasteiger partial charge in [-0.25, -0.2) is 0 Å². The molecule has 2 aliphatic rings. The molecule has 3 atom stereocenters. The zero-order valence-corrected chi connectivity index (χ0v) is 9.30. The van der Waals surface area contributed by atoms with E-state index in [4.69, 9.17) is 8.94 Å². The average Bonchev–Trinajstić information content (AvgIpc) is 3.12. The fraction of sp³-hybridized carbons (Fsp3) is 0.500. The van der Waals surface area contributed by atoms with Crippen molar-refractivity contribution in [3.8, 4) is 11.4 Å². The van der Waals surface area contributed by atoms with Gasteiger partial charge in [-0.1, -0.05) is 5.16 Å². The van der Waals surface area contributed by atoms with E-state index in [0.29, 0.717) is 23.8 Å². The van der Waals surface area contributed by atoms with Crippen molar-refractivity contribution in [2.75, 3.05) is 0 Å². The van der Waals surface area contributed by atoms with E-state index >= 15 is 0 Å². The molecule has 3 unspecified atom stereocenters. The lowest BCUT2D eigenvalue weighted by molar-refractivity contribution is 0.329. The minimum absolute atomic E-state index is 0.391. The van der Waals surface area contributed by atoms with Gasteiger partial charge in [0, 0.05) is 12.1 Å². The number of furan rings is 1. The zero-order valence-electron chi connectivity index (χ0n) is 9.30. The molecule has 5 nitrogen and oxygen atoms in total. The molecular formula is C12H13N3O2. The van der Waals surface area contributed by atoms with Gasteiger partial charge in [-0.2, -0.15) is 4.98 Å². The number of rotatable bonds is 2. The quantitative estimate of drug-likeness (QED) is 0.855. The third-order valence-electron chi connectivity index (χ3n) is 3.84. The van der Waals surface area contributed by atoms with Crippen molar-refractivity contribution in [2.24, 2.45) is 0 Å². The summed E-state index contributed by atoms with van der Waals surface area (Å²) < 4.78 is 10.4. The van der Waals surface area contributed by atoms with Crippen LogP contribution in [0, 0.1) is 0 Å². The van der Waals surface area contributed by atoms with Crippen molar-refractivity contribution in [3.05, 3.63) is 24.5 Å². The van der Waals surface area contributed by atoms with Crippen LogP contribution in [0.5, 0.6) is 0 Å². The Morgan fingerprint density at radius 3 is 3.06 bits per heavy atom. The minimum atomic E-state index is 0.391. The van der Waals surface area contributed by atoms with Crippen LogP contribution < -0.4 is 5.32 Å². The molecule has 88 valence electrons. The molecule has 0 aromatic carbocycles. The summed E-state index contributed by atoms with van der Waals surface area (Å²) in [5, 5.41) is 7.59. The van der Waals surface area contributed by atoms with Crippen LogP contribution in [0.15, 0.2) is 27.5 Å². The molecular weight excluding hydrogens is 218 g/mol. The summed E-state index contributed by atoms with van der Waals surface area (Å²) in [5.41, 5.74) is 0.871. The highest BCUT2D eigenvalue weighted by Gasteiger charge is 2.42. The molecule has 0 saturated carbocycles. The molecule has 2 saturated heterocycles. The Bertz CT molecular complexity index is 520. The summed E-state index contributed by atoms with van der Waals surface area (Å²) in [4.78, 5) is 4.48. The Kier molecular flexibility index (Phi) is 1.90. The number of hydrogen-bond donors (Lipinski definition) is 1. The monoisotopic (exact) mass is 231 g/mol. The minimum Gasteiger partial charge on any atom is -0.472 e. The normalized spacial score (nSPS) is 31.2. The largest absolute Gasteiger partial charge is 0.472 e. The maximum atomic E-state index is 5.38. The van der Waals surface area contributed by atoms with Crippen molar-refractivity contribution in [3.63, 3.8) is 0 Å². The van der Waals surface area contributed by atoms with Gasteiger partial charge in [0.1, 0.15) is 6.26 Å². The van der Waals surface area contributed by atoms with Gasteiger partial charge in [-0.15, -0.1) is 0 Å². The number of aromatic nitrogens is 2. The third-order valence-corrected chi connectivity index (χ3v) is 3.84. The maximum Gasteiger partial charge on any atom is 0.231 e. The Morgan fingerprint density at radius 2 is 2.35 bits per heavy atom. The fourth-order valence-electron chi connectivity index (χ4n) is 2.99. The highest BCUT2D eigenvalue weighted by molar-refractivity contribution is 5.51. The molecule has 2 fully saturated rings. The van der Waals surface area contributed by atoms with E-state index in [1.807, 2.05) is 6.07 Å². The second kappa shape index (κ2) is 3.43. The van der Waals surface area contributed by atoms with Crippen molar-refractivity contribution in [1.82, 2.24) is 15.5 Å². The van der Waals surface area contributed by atoms with E-state index in [1.165, 1.54) is 12.8 Å². The predicted molar refractivity (Wildman–Crippen MR) is 59.3 cm³/mol.